The van der Waals surface area contributed by atoms with Crippen LogP contribution in [0.4, 0.5) is 10.7 Å². The van der Waals surface area contributed by atoms with Crippen molar-refractivity contribution in [2.24, 2.45) is 0 Å². The Hall–Kier alpha value is -3.03. The molecule has 0 aliphatic heterocycles. The zero-order chi connectivity index (χ0) is 16.1. The molecule has 3 amide bonds. The Balaban J connectivity index is 1.98. The first-order chi connectivity index (χ1) is 10.5. The summed E-state index contributed by atoms with van der Waals surface area (Å²) in [6.07, 6.45) is 0. The molecule has 0 aliphatic carbocycles. The van der Waals surface area contributed by atoms with Crippen LogP contribution < -0.4 is 15.4 Å². The molecule has 0 atom stereocenters. The number of anilines is 1. The molecule has 0 bridgehead atoms. The van der Waals surface area contributed by atoms with Crippen LogP contribution in [0.25, 0.3) is 0 Å². The zero-order valence-corrected chi connectivity index (χ0v) is 12.4. The molecule has 0 spiro atoms. The number of carbonyl (C=O) groups excluding carboxylic acids is 2. The van der Waals surface area contributed by atoms with E-state index in [1.54, 1.807) is 38.1 Å². The van der Waals surface area contributed by atoms with Crippen LogP contribution in [0.5, 0.6) is 5.75 Å². The van der Waals surface area contributed by atoms with Crippen LogP contribution in [-0.4, -0.2) is 34.2 Å². The number of ether oxygens (including phenoxy) is 1. The number of hydrogen-bond acceptors (Lipinski definition) is 6. The van der Waals surface area contributed by atoms with E-state index in [2.05, 4.69) is 25.8 Å². The number of nitrogens with zero attached hydrogens (tertiary/aromatic N) is 3. The molecule has 0 saturated carbocycles. The van der Waals surface area contributed by atoms with Gasteiger partial charge in [-0.3, -0.25) is 15.4 Å². The van der Waals surface area contributed by atoms with Gasteiger partial charge in [-0.25, -0.2) is 9.78 Å². The maximum absolute atomic E-state index is 11.9. The van der Waals surface area contributed by atoms with Crippen LogP contribution >= 0.6 is 0 Å². The summed E-state index contributed by atoms with van der Waals surface area (Å²) in [6.45, 7) is 3.50. The largest absolute Gasteiger partial charge is 0.497 e. The van der Waals surface area contributed by atoms with E-state index in [1.165, 1.54) is 7.11 Å². The molecular weight excluding hydrogens is 286 g/mol. The van der Waals surface area contributed by atoms with Crippen molar-refractivity contribution in [3.8, 4) is 5.75 Å². The minimum atomic E-state index is -0.731. The van der Waals surface area contributed by atoms with Gasteiger partial charge in [0.15, 0.2) is 0 Å². The molecule has 0 aliphatic rings. The Morgan fingerprint density at radius 3 is 2.32 bits per heavy atom. The standard InChI is InChI=1S/C14H15N5O3/c1-8-9(2)18-19-13(15-8)17-14(21)16-12(20)10-4-6-11(22-3)7-5-10/h4-7H,1-3H3,(H2,15,16,17,19,20,21). The number of aromatic nitrogens is 3. The Morgan fingerprint density at radius 1 is 1.05 bits per heavy atom. The highest BCUT2D eigenvalue weighted by Gasteiger charge is 2.12. The number of urea groups is 1. The number of amides is 3. The van der Waals surface area contributed by atoms with Crippen molar-refractivity contribution in [3.63, 3.8) is 0 Å². The fourth-order valence-corrected chi connectivity index (χ4v) is 1.56. The van der Waals surface area contributed by atoms with Gasteiger partial charge in [-0.05, 0) is 38.1 Å². The molecule has 1 heterocycles. The highest BCUT2D eigenvalue weighted by atomic mass is 16.5. The van der Waals surface area contributed by atoms with E-state index in [0.717, 1.165) is 0 Å². The van der Waals surface area contributed by atoms with E-state index in [-0.39, 0.29) is 5.95 Å². The minimum absolute atomic E-state index is 0.0307. The number of nitrogens with one attached hydrogen (secondary N) is 2. The third kappa shape index (κ3) is 3.75. The highest BCUT2D eigenvalue weighted by molar-refractivity contribution is 6.07. The third-order valence-electron chi connectivity index (χ3n) is 2.90. The summed E-state index contributed by atoms with van der Waals surface area (Å²) < 4.78 is 5.00. The molecule has 8 heteroatoms. The van der Waals surface area contributed by atoms with Gasteiger partial charge in [0.1, 0.15) is 5.75 Å². The summed E-state index contributed by atoms with van der Waals surface area (Å²) in [5, 5.41) is 12.1. The Morgan fingerprint density at radius 2 is 1.73 bits per heavy atom. The van der Waals surface area contributed by atoms with Crippen molar-refractivity contribution in [1.82, 2.24) is 20.5 Å². The normalized spacial score (nSPS) is 9.95. The van der Waals surface area contributed by atoms with Crippen LogP contribution in [0.15, 0.2) is 24.3 Å². The minimum Gasteiger partial charge on any atom is -0.497 e. The van der Waals surface area contributed by atoms with Gasteiger partial charge >= 0.3 is 6.03 Å². The highest BCUT2D eigenvalue weighted by Crippen LogP contribution is 2.11. The number of carbonyl (C=O) groups is 2. The van der Waals surface area contributed by atoms with Crippen molar-refractivity contribution in [1.29, 1.82) is 0 Å². The van der Waals surface area contributed by atoms with E-state index < -0.39 is 11.9 Å². The number of methoxy groups -OCH3 is 1. The van der Waals surface area contributed by atoms with E-state index in [1.807, 2.05) is 0 Å². The van der Waals surface area contributed by atoms with Crippen LogP contribution in [0.2, 0.25) is 0 Å². The summed E-state index contributed by atoms with van der Waals surface area (Å²) in [4.78, 5) is 27.7. The molecule has 2 aromatic rings. The van der Waals surface area contributed by atoms with Crippen molar-refractivity contribution < 1.29 is 14.3 Å². The third-order valence-corrected chi connectivity index (χ3v) is 2.90. The molecule has 1 aromatic carbocycles. The SMILES string of the molecule is COc1ccc(C(=O)NC(=O)Nc2nnc(C)c(C)n2)cc1. The van der Waals surface area contributed by atoms with Crippen molar-refractivity contribution in [2.75, 3.05) is 12.4 Å². The maximum Gasteiger partial charge on any atom is 0.328 e. The molecule has 0 saturated heterocycles. The maximum atomic E-state index is 11.9. The second kappa shape index (κ2) is 6.61. The second-order valence-electron chi connectivity index (χ2n) is 4.44. The summed E-state index contributed by atoms with van der Waals surface area (Å²) in [5.74, 6) is 0.107. The number of imide groups is 1. The average Bonchev–Trinajstić information content (AvgIpc) is 2.51. The van der Waals surface area contributed by atoms with E-state index in [0.29, 0.717) is 22.7 Å². The first-order valence-corrected chi connectivity index (χ1v) is 6.44. The van der Waals surface area contributed by atoms with Gasteiger partial charge in [0.2, 0.25) is 0 Å². The smallest absolute Gasteiger partial charge is 0.328 e. The first-order valence-electron chi connectivity index (χ1n) is 6.44. The van der Waals surface area contributed by atoms with Crippen molar-refractivity contribution in [3.05, 3.63) is 41.2 Å². The summed E-state index contributed by atoms with van der Waals surface area (Å²) in [7, 11) is 1.53. The van der Waals surface area contributed by atoms with E-state index in [4.69, 9.17) is 4.74 Å². The molecular formula is C14H15N5O3. The predicted octanol–water partition coefficient (Wildman–Crippen LogP) is 1.46. The second-order valence-corrected chi connectivity index (χ2v) is 4.44. The molecule has 2 rings (SSSR count). The van der Waals surface area contributed by atoms with E-state index >= 15 is 0 Å². The molecule has 114 valence electrons. The average molecular weight is 301 g/mol. The van der Waals surface area contributed by atoms with Crippen molar-refractivity contribution >= 4 is 17.9 Å². The number of aryl methyl sites for hydroxylation is 2. The number of benzene rings is 1. The molecule has 0 unspecified atom stereocenters. The van der Waals surface area contributed by atoms with Gasteiger partial charge in [0.25, 0.3) is 11.9 Å². The molecule has 22 heavy (non-hydrogen) atoms. The lowest BCUT2D eigenvalue weighted by Crippen LogP contribution is -2.35. The van der Waals surface area contributed by atoms with Gasteiger partial charge in [-0.1, -0.05) is 0 Å². The van der Waals surface area contributed by atoms with Gasteiger partial charge < -0.3 is 4.74 Å². The van der Waals surface area contributed by atoms with Gasteiger partial charge in [-0.15, -0.1) is 5.10 Å². The fourth-order valence-electron chi connectivity index (χ4n) is 1.56. The van der Waals surface area contributed by atoms with Gasteiger partial charge in [0, 0.05) is 5.56 Å². The fraction of sp³-hybridized carbons (Fsp3) is 0.214. The van der Waals surface area contributed by atoms with Gasteiger partial charge in [0.05, 0.1) is 18.5 Å². The van der Waals surface area contributed by atoms with Crippen LogP contribution in [0, 0.1) is 13.8 Å². The van der Waals surface area contributed by atoms with Gasteiger partial charge in [-0.2, -0.15) is 5.10 Å². The molecule has 0 radical (unpaired) electrons. The van der Waals surface area contributed by atoms with E-state index in [9.17, 15) is 9.59 Å². The number of rotatable bonds is 3. The summed E-state index contributed by atoms with van der Waals surface area (Å²) in [6, 6.07) is 5.63. The molecule has 1 aromatic heterocycles. The summed E-state index contributed by atoms with van der Waals surface area (Å²) in [5.41, 5.74) is 1.64. The first kappa shape index (κ1) is 15.4. The lowest BCUT2D eigenvalue weighted by molar-refractivity contribution is 0.0967. The Bertz CT molecular complexity index is 700. The van der Waals surface area contributed by atoms with Crippen LogP contribution in [-0.2, 0) is 0 Å². The van der Waals surface area contributed by atoms with Crippen LogP contribution in [0.1, 0.15) is 21.7 Å². The Kier molecular flexibility index (Phi) is 4.62. The molecule has 8 nitrogen and oxygen atoms in total. The topological polar surface area (TPSA) is 106 Å². The number of hydrogen-bond donors (Lipinski definition) is 2. The zero-order valence-electron chi connectivity index (χ0n) is 12.4. The predicted molar refractivity (Wildman–Crippen MR) is 78.8 cm³/mol. The lowest BCUT2D eigenvalue weighted by atomic mass is 10.2. The van der Waals surface area contributed by atoms with Crippen molar-refractivity contribution in [2.45, 2.75) is 13.8 Å². The molecule has 2 N–H and O–H groups in total. The quantitative estimate of drug-likeness (QED) is 0.889. The summed E-state index contributed by atoms with van der Waals surface area (Å²) >= 11 is 0. The Labute approximate surface area is 126 Å². The van der Waals surface area contributed by atoms with Crippen LogP contribution in [0.3, 0.4) is 0 Å². The monoisotopic (exact) mass is 301 g/mol. The molecule has 0 fully saturated rings. The lowest BCUT2D eigenvalue weighted by Gasteiger charge is -2.06.